The van der Waals surface area contributed by atoms with E-state index in [0.29, 0.717) is 15.6 Å². The zero-order chi connectivity index (χ0) is 23.9. The lowest BCUT2D eigenvalue weighted by atomic mass is 9.95. The molecule has 1 atom stereocenters. The van der Waals surface area contributed by atoms with Crippen molar-refractivity contribution < 1.29 is 27.9 Å². The van der Waals surface area contributed by atoms with Crippen LogP contribution in [0.4, 0.5) is 18.9 Å². The number of amides is 1. The lowest BCUT2D eigenvalue weighted by molar-refractivity contribution is -0.137. The molecule has 4 nitrogen and oxygen atoms in total. The molecule has 1 saturated heterocycles. The number of carbonyl (C=O) groups is 2. The van der Waals surface area contributed by atoms with Gasteiger partial charge in [0.15, 0.2) is 0 Å². The molecule has 33 heavy (non-hydrogen) atoms. The summed E-state index contributed by atoms with van der Waals surface area (Å²) < 4.78 is 39.9. The molecule has 3 aromatic rings. The van der Waals surface area contributed by atoms with Crippen molar-refractivity contribution in [2.75, 3.05) is 4.90 Å². The normalized spacial score (nSPS) is 18.1. The summed E-state index contributed by atoms with van der Waals surface area (Å²) in [4.78, 5) is 27.0. The molecule has 1 fully saturated rings. The molecule has 0 spiro atoms. The number of ketones is 1. The highest BCUT2D eigenvalue weighted by Gasteiger charge is 2.47. The molecule has 0 saturated carbocycles. The fourth-order valence-electron chi connectivity index (χ4n) is 3.65. The summed E-state index contributed by atoms with van der Waals surface area (Å²) in [6.07, 6.45) is -4.65. The number of hydrogen-bond donors (Lipinski definition) is 1. The first-order valence-corrected chi connectivity index (χ1v) is 10.3. The Kier molecular flexibility index (Phi) is 5.95. The summed E-state index contributed by atoms with van der Waals surface area (Å²) in [5.41, 5.74) is -0.773. The van der Waals surface area contributed by atoms with Crippen LogP contribution >= 0.6 is 23.2 Å². The first-order chi connectivity index (χ1) is 15.6. The second kappa shape index (κ2) is 8.57. The van der Waals surface area contributed by atoms with Crippen molar-refractivity contribution in [3.05, 3.63) is 105 Å². The second-order valence-corrected chi connectivity index (χ2v) is 8.15. The number of aliphatic hydroxyl groups excluding tert-OH is 1. The van der Waals surface area contributed by atoms with Crippen molar-refractivity contribution in [3.63, 3.8) is 0 Å². The van der Waals surface area contributed by atoms with Crippen LogP contribution in [0.25, 0.3) is 5.76 Å². The zero-order valence-electron chi connectivity index (χ0n) is 16.6. The van der Waals surface area contributed by atoms with Gasteiger partial charge in [-0.05, 0) is 60.2 Å². The van der Waals surface area contributed by atoms with Gasteiger partial charge in [-0.2, -0.15) is 13.2 Å². The Hall–Kier alpha value is -3.29. The van der Waals surface area contributed by atoms with E-state index in [1.807, 2.05) is 0 Å². The molecular formula is C24H14Cl2F3NO3. The van der Waals surface area contributed by atoms with Gasteiger partial charge in [0.05, 0.1) is 17.2 Å². The van der Waals surface area contributed by atoms with Crippen LogP contribution < -0.4 is 4.90 Å². The smallest absolute Gasteiger partial charge is 0.416 e. The summed E-state index contributed by atoms with van der Waals surface area (Å²) in [5, 5.41) is 11.7. The number of Topliss-reactive ketones (excluding diaryl/α,β-unsaturated/α-hetero) is 1. The van der Waals surface area contributed by atoms with E-state index in [2.05, 4.69) is 0 Å². The highest BCUT2D eigenvalue weighted by molar-refractivity contribution is 6.51. The molecule has 1 N–H and O–H groups in total. The number of halogens is 5. The van der Waals surface area contributed by atoms with Crippen LogP contribution in [0.1, 0.15) is 22.7 Å². The number of carbonyl (C=O) groups excluding carboxylic acids is 2. The van der Waals surface area contributed by atoms with Crippen LogP contribution in [0.3, 0.4) is 0 Å². The van der Waals surface area contributed by atoms with Crippen molar-refractivity contribution in [3.8, 4) is 0 Å². The Morgan fingerprint density at radius 3 is 2.03 bits per heavy atom. The van der Waals surface area contributed by atoms with Gasteiger partial charge in [0.1, 0.15) is 5.76 Å². The van der Waals surface area contributed by atoms with Crippen molar-refractivity contribution in [1.29, 1.82) is 0 Å². The lowest BCUT2D eigenvalue weighted by Crippen LogP contribution is -2.29. The predicted molar refractivity (Wildman–Crippen MR) is 119 cm³/mol. The Morgan fingerprint density at radius 2 is 1.45 bits per heavy atom. The predicted octanol–water partition coefficient (Wildman–Crippen LogP) is 6.64. The molecule has 0 aromatic heterocycles. The zero-order valence-corrected chi connectivity index (χ0v) is 18.1. The molecule has 1 aliphatic rings. The molecule has 3 aromatic carbocycles. The fourth-order valence-corrected chi connectivity index (χ4v) is 3.91. The minimum Gasteiger partial charge on any atom is -0.507 e. The van der Waals surface area contributed by atoms with Gasteiger partial charge in [0, 0.05) is 21.3 Å². The molecule has 9 heteroatoms. The van der Waals surface area contributed by atoms with Crippen molar-refractivity contribution >= 4 is 46.3 Å². The molecule has 0 radical (unpaired) electrons. The minimum absolute atomic E-state index is 0.137. The largest absolute Gasteiger partial charge is 0.507 e. The number of nitrogens with zero attached hydrogens (tertiary/aromatic N) is 1. The lowest BCUT2D eigenvalue weighted by Gasteiger charge is -2.26. The standard InChI is InChI=1S/C24H14Cl2F3NO3/c25-16-8-4-13(5-9-16)20-19(21(31)14-6-10-17(26)11-7-14)22(32)23(33)30(20)18-3-1-2-15(12-18)24(27,28)29/h1-12,20,31H/t20-/m0/s1. The van der Waals surface area contributed by atoms with Crippen LogP contribution in [0.15, 0.2) is 78.4 Å². The second-order valence-electron chi connectivity index (χ2n) is 7.28. The number of alkyl halides is 3. The van der Waals surface area contributed by atoms with E-state index in [4.69, 9.17) is 23.2 Å². The van der Waals surface area contributed by atoms with E-state index in [9.17, 15) is 27.9 Å². The molecule has 168 valence electrons. The number of hydrogen-bond acceptors (Lipinski definition) is 3. The first kappa shape index (κ1) is 22.9. The molecule has 1 amide bonds. The number of rotatable bonds is 3. The number of anilines is 1. The van der Waals surface area contributed by atoms with Crippen molar-refractivity contribution in [2.45, 2.75) is 12.2 Å². The average molecular weight is 492 g/mol. The first-order valence-electron chi connectivity index (χ1n) is 9.57. The molecule has 0 unspecified atom stereocenters. The van der Waals surface area contributed by atoms with Crippen LogP contribution in [-0.4, -0.2) is 16.8 Å². The van der Waals surface area contributed by atoms with Gasteiger partial charge in [0.25, 0.3) is 11.7 Å². The molecular weight excluding hydrogens is 478 g/mol. The van der Waals surface area contributed by atoms with Gasteiger partial charge in [-0.15, -0.1) is 0 Å². The van der Waals surface area contributed by atoms with Crippen molar-refractivity contribution in [2.24, 2.45) is 0 Å². The van der Waals surface area contributed by atoms with Gasteiger partial charge < -0.3 is 5.11 Å². The fraction of sp³-hybridized carbons (Fsp3) is 0.0833. The van der Waals surface area contributed by atoms with Gasteiger partial charge in [-0.3, -0.25) is 14.5 Å². The molecule has 4 rings (SSSR count). The van der Waals surface area contributed by atoms with Gasteiger partial charge in [0.2, 0.25) is 0 Å². The quantitative estimate of drug-likeness (QED) is 0.254. The Balaban J connectivity index is 1.94. The summed E-state index contributed by atoms with van der Waals surface area (Å²) >= 11 is 11.9. The maximum Gasteiger partial charge on any atom is 0.416 e. The van der Waals surface area contributed by atoms with Crippen molar-refractivity contribution in [1.82, 2.24) is 0 Å². The van der Waals surface area contributed by atoms with Crippen LogP contribution in [0, 0.1) is 0 Å². The third kappa shape index (κ3) is 4.34. The van der Waals surface area contributed by atoms with Gasteiger partial charge in [-0.1, -0.05) is 41.4 Å². The van der Waals surface area contributed by atoms with E-state index in [0.717, 1.165) is 23.1 Å². The van der Waals surface area contributed by atoms with E-state index >= 15 is 0 Å². The minimum atomic E-state index is -4.65. The van der Waals surface area contributed by atoms with Crippen LogP contribution in [0.5, 0.6) is 0 Å². The third-order valence-electron chi connectivity index (χ3n) is 5.20. The number of benzene rings is 3. The molecule has 0 bridgehead atoms. The van der Waals surface area contributed by atoms with Crippen LogP contribution in [0.2, 0.25) is 10.0 Å². The monoisotopic (exact) mass is 491 g/mol. The van der Waals surface area contributed by atoms with Gasteiger partial charge in [-0.25, -0.2) is 0 Å². The summed E-state index contributed by atoms with van der Waals surface area (Å²) in [6.45, 7) is 0. The number of aliphatic hydroxyl groups is 1. The SMILES string of the molecule is O=C1C(=O)N(c2cccc(C(F)(F)F)c2)[C@@H](c2ccc(Cl)cc2)C1=C(O)c1ccc(Cl)cc1. The highest BCUT2D eigenvalue weighted by Crippen LogP contribution is 2.43. The maximum absolute atomic E-state index is 13.3. The average Bonchev–Trinajstić information content (AvgIpc) is 3.04. The molecule has 1 heterocycles. The van der Waals surface area contributed by atoms with E-state index in [1.54, 1.807) is 0 Å². The Labute approximate surface area is 196 Å². The van der Waals surface area contributed by atoms with E-state index in [-0.39, 0.29) is 16.8 Å². The highest BCUT2D eigenvalue weighted by atomic mass is 35.5. The summed E-state index contributed by atoms with van der Waals surface area (Å²) in [7, 11) is 0. The topological polar surface area (TPSA) is 57.6 Å². The van der Waals surface area contributed by atoms with Gasteiger partial charge >= 0.3 is 6.18 Å². The van der Waals surface area contributed by atoms with E-state index < -0.39 is 35.2 Å². The van der Waals surface area contributed by atoms with Crippen LogP contribution in [-0.2, 0) is 15.8 Å². The summed E-state index contributed by atoms with van der Waals surface area (Å²) in [5.74, 6) is -2.57. The maximum atomic E-state index is 13.3. The Bertz CT molecular complexity index is 1270. The molecule has 1 aliphatic heterocycles. The summed E-state index contributed by atoms with van der Waals surface area (Å²) in [6, 6.07) is 15.0. The third-order valence-corrected chi connectivity index (χ3v) is 5.70. The molecule has 0 aliphatic carbocycles. The van der Waals surface area contributed by atoms with E-state index in [1.165, 1.54) is 54.6 Å². The Morgan fingerprint density at radius 1 is 0.879 bits per heavy atom.